The number of anilines is 1. The number of benzene rings is 1. The lowest BCUT2D eigenvalue weighted by Gasteiger charge is -2.17. The summed E-state index contributed by atoms with van der Waals surface area (Å²) in [5.41, 5.74) is -0.585. The SMILES string of the molecule is CC(C)(C#N)NC(=O)c1cc(NC(=O)Cc2cc(F)ccc2O)ccn1. The van der Waals surface area contributed by atoms with Gasteiger partial charge in [-0.3, -0.25) is 14.6 Å². The van der Waals surface area contributed by atoms with Crippen LogP contribution in [0.3, 0.4) is 0 Å². The highest BCUT2D eigenvalue weighted by atomic mass is 19.1. The van der Waals surface area contributed by atoms with Gasteiger partial charge in [0.15, 0.2) is 0 Å². The van der Waals surface area contributed by atoms with Crippen molar-refractivity contribution in [2.45, 2.75) is 25.8 Å². The summed E-state index contributed by atoms with van der Waals surface area (Å²) in [6, 6.07) is 8.11. The number of carbonyl (C=O) groups excluding carboxylic acids is 2. The molecular formula is C18H17FN4O3. The van der Waals surface area contributed by atoms with Gasteiger partial charge in [0.2, 0.25) is 5.91 Å². The van der Waals surface area contributed by atoms with Crippen molar-refractivity contribution >= 4 is 17.5 Å². The Morgan fingerprint density at radius 2 is 2.04 bits per heavy atom. The van der Waals surface area contributed by atoms with Gasteiger partial charge in [-0.15, -0.1) is 0 Å². The van der Waals surface area contributed by atoms with Gasteiger partial charge >= 0.3 is 0 Å². The first-order valence-electron chi connectivity index (χ1n) is 7.67. The van der Waals surface area contributed by atoms with E-state index in [0.717, 1.165) is 12.1 Å². The minimum atomic E-state index is -1.06. The first-order chi connectivity index (χ1) is 12.2. The fourth-order valence-corrected chi connectivity index (χ4v) is 2.08. The maximum atomic E-state index is 13.2. The van der Waals surface area contributed by atoms with Crippen LogP contribution in [0, 0.1) is 17.1 Å². The number of phenolic OH excluding ortho intramolecular Hbond substituents is 1. The number of hydrogen-bond acceptors (Lipinski definition) is 5. The maximum Gasteiger partial charge on any atom is 0.271 e. The van der Waals surface area contributed by atoms with Crippen LogP contribution >= 0.6 is 0 Å². The fourth-order valence-electron chi connectivity index (χ4n) is 2.08. The van der Waals surface area contributed by atoms with Crippen LogP contribution in [0.1, 0.15) is 29.9 Å². The Morgan fingerprint density at radius 3 is 2.73 bits per heavy atom. The molecule has 7 nitrogen and oxygen atoms in total. The highest BCUT2D eigenvalue weighted by Crippen LogP contribution is 2.19. The summed E-state index contributed by atoms with van der Waals surface area (Å²) in [5.74, 6) is -1.81. The van der Waals surface area contributed by atoms with Gasteiger partial charge in [0.05, 0.1) is 12.5 Å². The van der Waals surface area contributed by atoms with Gasteiger partial charge in [-0.25, -0.2) is 4.39 Å². The topological polar surface area (TPSA) is 115 Å². The number of aromatic nitrogens is 1. The molecule has 0 aliphatic heterocycles. The second-order valence-corrected chi connectivity index (χ2v) is 6.12. The van der Waals surface area contributed by atoms with Crippen molar-refractivity contribution in [3.8, 4) is 11.8 Å². The monoisotopic (exact) mass is 356 g/mol. The minimum absolute atomic E-state index is 0.0275. The van der Waals surface area contributed by atoms with Gasteiger partial charge in [-0.05, 0) is 44.2 Å². The van der Waals surface area contributed by atoms with Crippen molar-refractivity contribution in [3.05, 3.63) is 53.6 Å². The molecule has 0 radical (unpaired) electrons. The molecule has 0 aliphatic carbocycles. The molecule has 0 spiro atoms. The Bertz CT molecular complexity index is 890. The highest BCUT2D eigenvalue weighted by Gasteiger charge is 2.21. The number of nitrogens with zero attached hydrogens (tertiary/aromatic N) is 2. The lowest BCUT2D eigenvalue weighted by atomic mass is 10.1. The summed E-state index contributed by atoms with van der Waals surface area (Å²) < 4.78 is 13.2. The molecule has 0 saturated heterocycles. The number of carbonyl (C=O) groups is 2. The molecule has 1 heterocycles. The predicted molar refractivity (Wildman–Crippen MR) is 91.8 cm³/mol. The van der Waals surface area contributed by atoms with Crippen molar-refractivity contribution in [1.82, 2.24) is 10.3 Å². The van der Waals surface area contributed by atoms with Crippen LogP contribution in [-0.2, 0) is 11.2 Å². The maximum absolute atomic E-state index is 13.2. The molecule has 2 aromatic rings. The molecule has 2 amide bonds. The van der Waals surface area contributed by atoms with Crippen LogP contribution in [-0.4, -0.2) is 27.4 Å². The van der Waals surface area contributed by atoms with Crippen LogP contribution in [0.15, 0.2) is 36.5 Å². The lowest BCUT2D eigenvalue weighted by Crippen LogP contribution is -2.42. The summed E-state index contributed by atoms with van der Waals surface area (Å²) >= 11 is 0. The van der Waals surface area contributed by atoms with E-state index < -0.39 is 23.2 Å². The highest BCUT2D eigenvalue weighted by molar-refractivity contribution is 5.96. The predicted octanol–water partition coefficient (Wildman–Crippen LogP) is 2.14. The number of nitriles is 1. The average Bonchev–Trinajstić information content (AvgIpc) is 2.58. The van der Waals surface area contributed by atoms with Crippen molar-refractivity contribution in [2.24, 2.45) is 0 Å². The lowest BCUT2D eigenvalue weighted by molar-refractivity contribution is -0.115. The average molecular weight is 356 g/mol. The number of phenols is 1. The zero-order valence-corrected chi connectivity index (χ0v) is 14.2. The number of hydrogen-bond donors (Lipinski definition) is 3. The Hall–Kier alpha value is -3.47. The number of aromatic hydroxyl groups is 1. The number of nitrogens with one attached hydrogen (secondary N) is 2. The van der Waals surface area contributed by atoms with Crippen LogP contribution in [0.25, 0.3) is 0 Å². The van der Waals surface area contributed by atoms with Crippen molar-refractivity contribution in [2.75, 3.05) is 5.32 Å². The zero-order valence-electron chi connectivity index (χ0n) is 14.2. The molecule has 0 fully saturated rings. The second kappa shape index (κ2) is 7.61. The molecule has 0 bridgehead atoms. The number of halogens is 1. The molecule has 134 valence electrons. The minimum Gasteiger partial charge on any atom is -0.508 e. The van der Waals surface area contributed by atoms with E-state index in [0.29, 0.717) is 5.69 Å². The standard InChI is InChI=1S/C18H17FN4O3/c1-18(2,10-20)23-17(26)14-9-13(5-6-21-14)22-16(25)8-11-7-12(19)3-4-15(11)24/h3-7,9,24H,8H2,1-2H3,(H,23,26)(H,21,22,25). The molecule has 1 aromatic carbocycles. The summed E-state index contributed by atoms with van der Waals surface area (Å²) in [4.78, 5) is 28.1. The Labute approximate surface area is 149 Å². The molecule has 2 rings (SSSR count). The number of amides is 2. The molecule has 3 N–H and O–H groups in total. The van der Waals surface area contributed by atoms with E-state index in [2.05, 4.69) is 15.6 Å². The van der Waals surface area contributed by atoms with Crippen LogP contribution < -0.4 is 10.6 Å². The van der Waals surface area contributed by atoms with Crippen molar-refractivity contribution in [3.63, 3.8) is 0 Å². The first-order valence-corrected chi connectivity index (χ1v) is 7.67. The first kappa shape index (κ1) is 18.9. The molecule has 1 aromatic heterocycles. The summed E-state index contributed by atoms with van der Waals surface area (Å²) in [6.45, 7) is 3.09. The summed E-state index contributed by atoms with van der Waals surface area (Å²) in [7, 11) is 0. The largest absolute Gasteiger partial charge is 0.508 e. The number of pyridine rings is 1. The van der Waals surface area contributed by atoms with E-state index in [9.17, 15) is 19.1 Å². The van der Waals surface area contributed by atoms with Gasteiger partial charge in [0.1, 0.15) is 22.8 Å². The van der Waals surface area contributed by atoms with Crippen molar-refractivity contribution in [1.29, 1.82) is 5.26 Å². The third-order valence-electron chi connectivity index (χ3n) is 3.37. The van der Waals surface area contributed by atoms with Crippen LogP contribution in [0.4, 0.5) is 10.1 Å². The van der Waals surface area contributed by atoms with Gasteiger partial charge in [0.25, 0.3) is 5.91 Å². The summed E-state index contributed by atoms with van der Waals surface area (Å²) in [6.07, 6.45) is 1.10. The molecule has 0 atom stereocenters. The van der Waals surface area contributed by atoms with E-state index in [-0.39, 0.29) is 23.4 Å². The van der Waals surface area contributed by atoms with Crippen LogP contribution in [0.2, 0.25) is 0 Å². The van der Waals surface area contributed by atoms with E-state index in [1.807, 2.05) is 6.07 Å². The molecule has 26 heavy (non-hydrogen) atoms. The van der Waals surface area contributed by atoms with Gasteiger partial charge in [-0.1, -0.05) is 0 Å². The smallest absolute Gasteiger partial charge is 0.271 e. The molecular weight excluding hydrogens is 339 g/mol. The number of rotatable bonds is 5. The van der Waals surface area contributed by atoms with E-state index in [1.165, 1.54) is 24.4 Å². The Kier molecular flexibility index (Phi) is 5.52. The van der Waals surface area contributed by atoms with E-state index in [4.69, 9.17) is 5.26 Å². The van der Waals surface area contributed by atoms with E-state index >= 15 is 0 Å². The second-order valence-electron chi connectivity index (χ2n) is 6.12. The molecule has 0 unspecified atom stereocenters. The Morgan fingerprint density at radius 1 is 1.31 bits per heavy atom. The van der Waals surface area contributed by atoms with Gasteiger partial charge < -0.3 is 15.7 Å². The van der Waals surface area contributed by atoms with Crippen molar-refractivity contribution < 1.29 is 19.1 Å². The Balaban J connectivity index is 2.08. The van der Waals surface area contributed by atoms with Gasteiger partial charge in [-0.2, -0.15) is 5.26 Å². The molecule has 8 heteroatoms. The zero-order chi connectivity index (χ0) is 19.3. The quantitative estimate of drug-likeness (QED) is 0.759. The van der Waals surface area contributed by atoms with Gasteiger partial charge in [0, 0.05) is 17.4 Å². The molecule has 0 saturated carbocycles. The molecule has 0 aliphatic rings. The fraction of sp³-hybridized carbons (Fsp3) is 0.222. The third-order valence-corrected chi connectivity index (χ3v) is 3.37. The summed E-state index contributed by atoms with van der Waals surface area (Å²) in [5, 5.41) is 23.7. The van der Waals surface area contributed by atoms with Crippen LogP contribution in [0.5, 0.6) is 5.75 Å². The normalized spacial score (nSPS) is 10.7. The van der Waals surface area contributed by atoms with E-state index in [1.54, 1.807) is 13.8 Å². The third kappa shape index (κ3) is 5.01.